The summed E-state index contributed by atoms with van der Waals surface area (Å²) in [6.07, 6.45) is 2.47. The molecule has 1 aromatic rings. The van der Waals surface area contributed by atoms with Gasteiger partial charge in [0, 0.05) is 6.54 Å². The van der Waals surface area contributed by atoms with E-state index in [0.717, 1.165) is 17.1 Å². The molecule has 0 amide bonds. The fourth-order valence-corrected chi connectivity index (χ4v) is 4.51. The van der Waals surface area contributed by atoms with Crippen molar-refractivity contribution in [1.29, 1.82) is 0 Å². The van der Waals surface area contributed by atoms with Gasteiger partial charge in [-0.05, 0) is 37.5 Å². The molecule has 0 aliphatic carbocycles. The maximum atomic E-state index is 11.9. The second-order valence-electron chi connectivity index (χ2n) is 4.12. The van der Waals surface area contributed by atoms with Gasteiger partial charge in [-0.1, -0.05) is 11.6 Å². The fraction of sp³-hybridized carbons (Fsp3) is 0.600. The van der Waals surface area contributed by atoms with E-state index in [9.17, 15) is 13.5 Å². The lowest BCUT2D eigenvalue weighted by atomic mass is 10.1. The SMILES string of the molecule is CSCC[C@@](C)(O)CNS(=O)(=O)c1ccc(Cl)s1. The molecule has 0 aromatic carbocycles. The highest BCUT2D eigenvalue weighted by molar-refractivity contribution is 7.98. The lowest BCUT2D eigenvalue weighted by Gasteiger charge is -2.22. The molecule has 18 heavy (non-hydrogen) atoms. The van der Waals surface area contributed by atoms with E-state index in [4.69, 9.17) is 11.6 Å². The number of aliphatic hydroxyl groups is 1. The molecule has 0 radical (unpaired) electrons. The van der Waals surface area contributed by atoms with Gasteiger partial charge in [-0.15, -0.1) is 11.3 Å². The van der Waals surface area contributed by atoms with Crippen LogP contribution in [0.2, 0.25) is 4.34 Å². The van der Waals surface area contributed by atoms with Crippen LogP contribution in [0.5, 0.6) is 0 Å². The van der Waals surface area contributed by atoms with Gasteiger partial charge in [0.05, 0.1) is 9.94 Å². The molecule has 0 aliphatic rings. The minimum atomic E-state index is -3.58. The van der Waals surface area contributed by atoms with Crippen molar-refractivity contribution >= 4 is 44.7 Å². The molecule has 4 nitrogen and oxygen atoms in total. The topological polar surface area (TPSA) is 66.4 Å². The molecule has 1 heterocycles. The number of rotatable bonds is 7. The van der Waals surface area contributed by atoms with E-state index in [0.29, 0.717) is 10.8 Å². The van der Waals surface area contributed by atoms with Crippen molar-refractivity contribution in [2.75, 3.05) is 18.6 Å². The van der Waals surface area contributed by atoms with Crippen LogP contribution in [-0.4, -0.2) is 37.7 Å². The first-order chi connectivity index (χ1) is 8.27. The van der Waals surface area contributed by atoms with Crippen molar-refractivity contribution in [3.8, 4) is 0 Å². The van der Waals surface area contributed by atoms with E-state index in [1.54, 1.807) is 18.7 Å². The zero-order valence-corrected chi connectivity index (χ0v) is 13.3. The maximum absolute atomic E-state index is 11.9. The number of hydrogen-bond donors (Lipinski definition) is 2. The standard InChI is InChI=1S/C10H16ClNO3S3/c1-10(13,5-6-16-2)7-12-18(14,15)9-4-3-8(11)17-9/h3-4,12-13H,5-7H2,1-2H3/t10-/m1/s1. The average Bonchev–Trinajstić information content (AvgIpc) is 2.72. The van der Waals surface area contributed by atoms with Gasteiger partial charge in [0.2, 0.25) is 10.0 Å². The summed E-state index contributed by atoms with van der Waals surface area (Å²) in [6, 6.07) is 2.98. The lowest BCUT2D eigenvalue weighted by molar-refractivity contribution is 0.0626. The van der Waals surface area contributed by atoms with Crippen LogP contribution in [0.25, 0.3) is 0 Å². The summed E-state index contributed by atoms with van der Waals surface area (Å²) in [7, 11) is -3.58. The van der Waals surface area contributed by atoms with Crippen molar-refractivity contribution in [2.45, 2.75) is 23.2 Å². The van der Waals surface area contributed by atoms with E-state index in [2.05, 4.69) is 4.72 Å². The van der Waals surface area contributed by atoms with Crippen LogP contribution in [-0.2, 0) is 10.0 Å². The van der Waals surface area contributed by atoms with Gasteiger partial charge in [0.25, 0.3) is 0 Å². The van der Waals surface area contributed by atoms with Crippen LogP contribution in [0.4, 0.5) is 0 Å². The highest BCUT2D eigenvalue weighted by atomic mass is 35.5. The van der Waals surface area contributed by atoms with E-state index >= 15 is 0 Å². The molecule has 0 fully saturated rings. The Bertz CT molecular complexity index is 484. The molecule has 0 spiro atoms. The van der Waals surface area contributed by atoms with Gasteiger partial charge in [-0.3, -0.25) is 0 Å². The van der Waals surface area contributed by atoms with E-state index in [-0.39, 0.29) is 10.8 Å². The Morgan fingerprint density at radius 3 is 2.72 bits per heavy atom. The molecule has 0 saturated heterocycles. The summed E-state index contributed by atoms with van der Waals surface area (Å²) >= 11 is 8.30. The van der Waals surface area contributed by atoms with E-state index in [1.165, 1.54) is 12.1 Å². The quantitative estimate of drug-likeness (QED) is 0.804. The third-order valence-electron chi connectivity index (χ3n) is 2.30. The van der Waals surface area contributed by atoms with Crippen molar-refractivity contribution in [1.82, 2.24) is 4.72 Å². The molecule has 2 N–H and O–H groups in total. The highest BCUT2D eigenvalue weighted by Gasteiger charge is 2.24. The monoisotopic (exact) mass is 329 g/mol. The summed E-state index contributed by atoms with van der Waals surface area (Å²) < 4.78 is 26.8. The van der Waals surface area contributed by atoms with E-state index < -0.39 is 15.6 Å². The molecule has 0 unspecified atom stereocenters. The van der Waals surface area contributed by atoms with Gasteiger partial charge >= 0.3 is 0 Å². The first-order valence-electron chi connectivity index (χ1n) is 5.23. The maximum Gasteiger partial charge on any atom is 0.250 e. The Labute approximate surface area is 121 Å². The molecule has 1 aromatic heterocycles. The van der Waals surface area contributed by atoms with Crippen LogP contribution < -0.4 is 4.72 Å². The third kappa shape index (κ3) is 5.07. The molecule has 104 valence electrons. The molecule has 1 atom stereocenters. The van der Waals surface area contributed by atoms with Crippen LogP contribution in [0.15, 0.2) is 16.3 Å². The van der Waals surface area contributed by atoms with Gasteiger partial charge in [0.15, 0.2) is 0 Å². The molecule has 0 bridgehead atoms. The van der Waals surface area contributed by atoms with Crippen molar-refractivity contribution in [2.24, 2.45) is 0 Å². The van der Waals surface area contributed by atoms with Gasteiger partial charge in [0.1, 0.15) is 4.21 Å². The fourth-order valence-electron chi connectivity index (χ4n) is 1.17. The molecule has 1 rings (SSSR count). The van der Waals surface area contributed by atoms with Gasteiger partial charge in [-0.2, -0.15) is 11.8 Å². The van der Waals surface area contributed by atoms with E-state index in [1.807, 2.05) is 6.26 Å². The van der Waals surface area contributed by atoms with Crippen LogP contribution in [0.3, 0.4) is 0 Å². The van der Waals surface area contributed by atoms with Crippen LogP contribution >= 0.6 is 34.7 Å². The summed E-state index contributed by atoms with van der Waals surface area (Å²) in [5.41, 5.74) is -1.04. The van der Waals surface area contributed by atoms with Crippen molar-refractivity contribution in [3.05, 3.63) is 16.5 Å². The first kappa shape index (κ1) is 16.3. The minimum Gasteiger partial charge on any atom is -0.389 e. The smallest absolute Gasteiger partial charge is 0.250 e. The number of hydrogen-bond acceptors (Lipinski definition) is 5. The Kier molecular flexibility index (Phi) is 5.95. The van der Waals surface area contributed by atoms with Gasteiger partial charge < -0.3 is 5.11 Å². The highest BCUT2D eigenvalue weighted by Crippen LogP contribution is 2.25. The molecular formula is C10H16ClNO3S3. The number of thioether (sulfide) groups is 1. The largest absolute Gasteiger partial charge is 0.389 e. The third-order valence-corrected chi connectivity index (χ3v) is 6.04. The zero-order valence-electron chi connectivity index (χ0n) is 10.1. The lowest BCUT2D eigenvalue weighted by Crippen LogP contribution is -2.40. The second kappa shape index (κ2) is 6.58. The summed E-state index contributed by atoms with van der Waals surface area (Å²) in [5, 5.41) is 10.00. The number of thiophene rings is 1. The molecule has 8 heteroatoms. The number of halogens is 1. The molecule has 0 saturated carbocycles. The summed E-state index contributed by atoms with van der Waals surface area (Å²) in [6.45, 7) is 1.61. The number of sulfonamides is 1. The van der Waals surface area contributed by atoms with Crippen molar-refractivity contribution in [3.63, 3.8) is 0 Å². The predicted octanol–water partition coefficient (Wildman–Crippen LogP) is 2.18. The van der Waals surface area contributed by atoms with Crippen molar-refractivity contribution < 1.29 is 13.5 Å². The molecule has 0 aliphatic heterocycles. The van der Waals surface area contributed by atoms with Gasteiger partial charge in [-0.25, -0.2) is 13.1 Å². The Balaban J connectivity index is 2.62. The average molecular weight is 330 g/mol. The Morgan fingerprint density at radius 1 is 1.56 bits per heavy atom. The summed E-state index contributed by atoms with van der Waals surface area (Å²) in [4.78, 5) is 0. The Hall–Kier alpha value is 0.210. The zero-order chi connectivity index (χ0) is 13.8. The van der Waals surface area contributed by atoms with Crippen LogP contribution in [0.1, 0.15) is 13.3 Å². The first-order valence-corrected chi connectivity index (χ1v) is 9.30. The minimum absolute atomic E-state index is 0.00852. The Morgan fingerprint density at radius 2 is 2.22 bits per heavy atom. The summed E-state index contributed by atoms with van der Waals surface area (Å²) in [5.74, 6) is 0.777. The number of nitrogens with one attached hydrogen (secondary N) is 1. The predicted molar refractivity (Wildman–Crippen MR) is 78.1 cm³/mol. The normalized spacial score (nSPS) is 15.6. The van der Waals surface area contributed by atoms with Crippen LogP contribution in [0, 0.1) is 0 Å². The molecular weight excluding hydrogens is 314 g/mol. The second-order valence-corrected chi connectivity index (χ2v) is 8.82.